The van der Waals surface area contributed by atoms with Gasteiger partial charge in [-0.15, -0.1) is 0 Å². The van der Waals surface area contributed by atoms with Gasteiger partial charge < -0.3 is 10.3 Å². The Bertz CT molecular complexity index is 875. The summed E-state index contributed by atoms with van der Waals surface area (Å²) in [4.78, 5) is 0. The van der Waals surface area contributed by atoms with E-state index in [4.69, 9.17) is 5.73 Å². The lowest BCUT2D eigenvalue weighted by Crippen LogP contribution is -2.09. The van der Waals surface area contributed by atoms with E-state index in [0.29, 0.717) is 23.0 Å². The summed E-state index contributed by atoms with van der Waals surface area (Å²) in [5, 5.41) is 9.94. The average Bonchev–Trinajstić information content (AvgIpc) is 2.90. The lowest BCUT2D eigenvalue weighted by Gasteiger charge is -2.18. The number of fused-ring (bicyclic) bond motifs is 1. The number of nitrogens with two attached hydrogens (primary N) is 1. The molecule has 0 aliphatic rings. The number of hydrogen-bond acceptors (Lipinski definition) is 2. The van der Waals surface area contributed by atoms with Gasteiger partial charge in [0.05, 0.1) is 11.1 Å². The molecule has 116 valence electrons. The van der Waals surface area contributed by atoms with E-state index in [1.807, 2.05) is 36.4 Å². The molecule has 0 bridgehead atoms. The van der Waals surface area contributed by atoms with Crippen molar-refractivity contribution in [2.75, 3.05) is 6.54 Å². The third-order valence-electron chi connectivity index (χ3n) is 4.23. The minimum atomic E-state index is -0.306. The van der Waals surface area contributed by atoms with E-state index in [1.54, 1.807) is 23.9 Å². The Balaban J connectivity index is 2.20. The Morgan fingerprint density at radius 3 is 2.61 bits per heavy atom. The minimum absolute atomic E-state index is 0.0202. The maximum Gasteiger partial charge on any atom is 0.147 e. The van der Waals surface area contributed by atoms with E-state index in [-0.39, 0.29) is 11.7 Å². The highest BCUT2D eigenvalue weighted by Crippen LogP contribution is 2.32. The molecule has 1 aromatic heterocycles. The highest BCUT2D eigenvalue weighted by molar-refractivity contribution is 5.87. The Morgan fingerprint density at radius 2 is 1.96 bits per heavy atom. The van der Waals surface area contributed by atoms with E-state index in [1.165, 1.54) is 0 Å². The molecule has 0 aliphatic carbocycles. The van der Waals surface area contributed by atoms with Crippen molar-refractivity contribution in [1.29, 1.82) is 5.26 Å². The van der Waals surface area contributed by atoms with E-state index in [0.717, 1.165) is 17.5 Å². The van der Waals surface area contributed by atoms with Gasteiger partial charge in [-0.1, -0.05) is 30.3 Å². The second-order valence-corrected chi connectivity index (χ2v) is 5.70. The Morgan fingerprint density at radius 1 is 1.22 bits per heavy atom. The molecular formula is C19H18FN3. The van der Waals surface area contributed by atoms with Gasteiger partial charge in [0.2, 0.25) is 0 Å². The Hall–Kier alpha value is -2.64. The van der Waals surface area contributed by atoms with Gasteiger partial charge in [0.15, 0.2) is 0 Å². The van der Waals surface area contributed by atoms with Crippen molar-refractivity contribution in [1.82, 2.24) is 4.57 Å². The summed E-state index contributed by atoms with van der Waals surface area (Å²) in [7, 11) is 1.75. The number of halogens is 1. The van der Waals surface area contributed by atoms with Crippen LogP contribution in [0.5, 0.6) is 0 Å². The van der Waals surface area contributed by atoms with Gasteiger partial charge in [-0.2, -0.15) is 5.26 Å². The molecule has 0 spiro atoms. The van der Waals surface area contributed by atoms with Crippen molar-refractivity contribution in [3.05, 3.63) is 71.2 Å². The average molecular weight is 307 g/mol. The summed E-state index contributed by atoms with van der Waals surface area (Å²) in [5.41, 5.74) is 8.68. The summed E-state index contributed by atoms with van der Waals surface area (Å²) in [5.74, 6) is -0.286. The molecule has 2 N–H and O–H groups in total. The van der Waals surface area contributed by atoms with Crippen molar-refractivity contribution >= 4 is 10.9 Å². The third kappa shape index (κ3) is 2.71. The standard InChI is InChI=1S/C19H18FN3/c1-23-12-15(11-22)17-9-14(10-18(20)19(17)23)16(7-8-21)13-5-3-2-4-6-13/h2-6,9-10,12,16H,7-8,21H2,1H3. The molecule has 1 heterocycles. The summed E-state index contributed by atoms with van der Waals surface area (Å²) < 4.78 is 16.3. The molecular weight excluding hydrogens is 289 g/mol. The van der Waals surface area contributed by atoms with E-state index >= 15 is 0 Å². The maximum absolute atomic E-state index is 14.6. The first-order valence-corrected chi connectivity index (χ1v) is 7.59. The maximum atomic E-state index is 14.6. The van der Waals surface area contributed by atoms with E-state index in [9.17, 15) is 9.65 Å². The van der Waals surface area contributed by atoms with Crippen molar-refractivity contribution in [3.63, 3.8) is 0 Å². The summed E-state index contributed by atoms with van der Waals surface area (Å²) >= 11 is 0. The lowest BCUT2D eigenvalue weighted by molar-refractivity contribution is 0.625. The molecule has 0 fully saturated rings. The molecule has 1 atom stereocenters. The fourth-order valence-corrected chi connectivity index (χ4v) is 3.18. The van der Waals surface area contributed by atoms with Gasteiger partial charge in [0.1, 0.15) is 11.9 Å². The van der Waals surface area contributed by atoms with Crippen molar-refractivity contribution in [3.8, 4) is 6.07 Å². The van der Waals surface area contributed by atoms with Crippen LogP contribution < -0.4 is 5.73 Å². The molecule has 0 amide bonds. The molecule has 1 unspecified atom stereocenters. The van der Waals surface area contributed by atoms with Gasteiger partial charge >= 0.3 is 0 Å². The van der Waals surface area contributed by atoms with Crippen LogP contribution in [0.3, 0.4) is 0 Å². The topological polar surface area (TPSA) is 54.7 Å². The third-order valence-corrected chi connectivity index (χ3v) is 4.23. The molecule has 3 aromatic rings. The van der Waals surface area contributed by atoms with Crippen LogP contribution in [-0.4, -0.2) is 11.1 Å². The number of benzene rings is 2. The predicted molar refractivity (Wildman–Crippen MR) is 89.5 cm³/mol. The fourth-order valence-electron chi connectivity index (χ4n) is 3.18. The van der Waals surface area contributed by atoms with Crippen molar-refractivity contribution in [2.45, 2.75) is 12.3 Å². The number of hydrogen-bond donors (Lipinski definition) is 1. The summed E-state index contributed by atoms with van der Waals surface area (Å²) in [6.45, 7) is 0.513. The van der Waals surface area contributed by atoms with Crippen LogP contribution >= 0.6 is 0 Å². The Kier molecular flexibility index (Phi) is 4.14. The highest BCUT2D eigenvalue weighted by Gasteiger charge is 2.18. The van der Waals surface area contributed by atoms with Crippen molar-refractivity contribution in [2.24, 2.45) is 12.8 Å². The quantitative estimate of drug-likeness (QED) is 0.799. The molecule has 2 aromatic carbocycles. The zero-order chi connectivity index (χ0) is 16.4. The molecule has 0 saturated carbocycles. The highest BCUT2D eigenvalue weighted by atomic mass is 19.1. The second kappa shape index (κ2) is 6.23. The van der Waals surface area contributed by atoms with Crippen LogP contribution in [0.1, 0.15) is 29.0 Å². The van der Waals surface area contributed by atoms with Crippen LogP contribution in [0, 0.1) is 17.1 Å². The monoisotopic (exact) mass is 307 g/mol. The predicted octanol–water partition coefficient (Wildman–Crippen LogP) is 3.67. The van der Waals surface area contributed by atoms with Crippen LogP contribution in [0.4, 0.5) is 4.39 Å². The van der Waals surface area contributed by atoms with Crippen LogP contribution in [0.2, 0.25) is 0 Å². The van der Waals surface area contributed by atoms with Crippen LogP contribution in [0.15, 0.2) is 48.7 Å². The smallest absolute Gasteiger partial charge is 0.147 e. The zero-order valence-electron chi connectivity index (χ0n) is 13.0. The zero-order valence-corrected chi connectivity index (χ0v) is 13.0. The number of nitrogens with zero attached hydrogens (tertiary/aromatic N) is 2. The summed E-state index contributed by atoms with van der Waals surface area (Å²) in [6.07, 6.45) is 2.39. The van der Waals surface area contributed by atoms with E-state index in [2.05, 4.69) is 6.07 Å². The van der Waals surface area contributed by atoms with Crippen LogP contribution in [-0.2, 0) is 7.05 Å². The normalized spacial score (nSPS) is 12.3. The van der Waals surface area contributed by atoms with Crippen LogP contribution in [0.25, 0.3) is 10.9 Å². The number of aromatic nitrogens is 1. The molecule has 4 heteroatoms. The fraction of sp³-hybridized carbons (Fsp3) is 0.211. The van der Waals surface area contributed by atoms with Gasteiger partial charge in [0.25, 0.3) is 0 Å². The molecule has 0 radical (unpaired) electrons. The molecule has 0 aliphatic heterocycles. The lowest BCUT2D eigenvalue weighted by atomic mass is 9.87. The number of aryl methyl sites for hydroxylation is 1. The largest absolute Gasteiger partial charge is 0.347 e. The van der Waals surface area contributed by atoms with Gasteiger partial charge in [-0.25, -0.2) is 4.39 Å². The first-order valence-electron chi connectivity index (χ1n) is 7.59. The Labute approximate surface area is 134 Å². The second-order valence-electron chi connectivity index (χ2n) is 5.70. The molecule has 0 saturated heterocycles. The molecule has 3 rings (SSSR count). The minimum Gasteiger partial charge on any atom is -0.347 e. The first-order chi connectivity index (χ1) is 11.2. The van der Waals surface area contributed by atoms with Gasteiger partial charge in [-0.05, 0) is 36.2 Å². The SMILES string of the molecule is Cn1cc(C#N)c2cc(C(CCN)c3ccccc3)cc(F)c21. The first kappa shape index (κ1) is 15.3. The number of rotatable bonds is 4. The summed E-state index contributed by atoms with van der Waals surface area (Å²) in [6, 6.07) is 15.6. The molecule has 3 nitrogen and oxygen atoms in total. The molecule has 23 heavy (non-hydrogen) atoms. The number of nitriles is 1. The van der Waals surface area contributed by atoms with E-state index < -0.39 is 0 Å². The van der Waals surface area contributed by atoms with Gasteiger partial charge in [-0.3, -0.25) is 0 Å². The van der Waals surface area contributed by atoms with Crippen molar-refractivity contribution < 1.29 is 4.39 Å². The van der Waals surface area contributed by atoms with Gasteiger partial charge in [0, 0.05) is 24.5 Å².